The number of aryl methyl sites for hydroxylation is 1. The predicted octanol–water partition coefficient (Wildman–Crippen LogP) is 3.76. The fourth-order valence-electron chi connectivity index (χ4n) is 4.06. The van der Waals surface area contributed by atoms with E-state index in [1.54, 1.807) is 38.6 Å². The van der Waals surface area contributed by atoms with Crippen LogP contribution in [0, 0.1) is 12.7 Å². The van der Waals surface area contributed by atoms with Crippen molar-refractivity contribution >= 4 is 28.3 Å². The molecule has 35 heavy (non-hydrogen) atoms. The molecule has 1 amide bonds. The Labute approximate surface area is 200 Å². The number of pyridine rings is 1. The minimum absolute atomic E-state index is 0.0811. The average Bonchev–Trinajstić information content (AvgIpc) is 3.18. The Balaban J connectivity index is 1.38. The van der Waals surface area contributed by atoms with Crippen molar-refractivity contribution in [2.45, 2.75) is 19.8 Å². The number of hydrogen-bond donors (Lipinski definition) is 2. The molecule has 0 aliphatic carbocycles. The fourth-order valence-corrected chi connectivity index (χ4v) is 4.06. The Morgan fingerprint density at radius 1 is 1.17 bits per heavy atom. The van der Waals surface area contributed by atoms with Crippen LogP contribution in [-0.2, 0) is 0 Å². The van der Waals surface area contributed by atoms with Crippen molar-refractivity contribution in [3.05, 3.63) is 77.9 Å². The third-order valence-electron chi connectivity index (χ3n) is 5.93. The second kappa shape index (κ2) is 9.05. The zero-order valence-corrected chi connectivity index (χ0v) is 19.5. The molecule has 1 atom stereocenters. The Hall–Kier alpha value is -4.47. The predicted molar refractivity (Wildman–Crippen MR) is 131 cm³/mol. The molecule has 1 unspecified atom stereocenters. The Morgan fingerprint density at radius 2 is 2.03 bits per heavy atom. The van der Waals surface area contributed by atoms with Gasteiger partial charge in [0.05, 0.1) is 22.5 Å². The van der Waals surface area contributed by atoms with Crippen LogP contribution >= 0.6 is 0 Å². The number of hydrogen-bond acceptors (Lipinski definition) is 7. The van der Waals surface area contributed by atoms with Gasteiger partial charge in [0.25, 0.3) is 5.91 Å². The molecule has 9 nitrogen and oxygen atoms in total. The van der Waals surface area contributed by atoms with Crippen LogP contribution in [0.4, 0.5) is 10.2 Å². The highest BCUT2D eigenvalue weighted by atomic mass is 19.1. The minimum atomic E-state index is -0.430. The van der Waals surface area contributed by atoms with Crippen LogP contribution in [0.1, 0.15) is 34.5 Å². The Kier molecular flexibility index (Phi) is 5.77. The second-order valence-corrected chi connectivity index (χ2v) is 8.26. The Morgan fingerprint density at radius 3 is 2.86 bits per heavy atom. The number of para-hydroxylation sites is 1. The van der Waals surface area contributed by atoms with E-state index >= 15 is 0 Å². The van der Waals surface area contributed by atoms with E-state index in [2.05, 4.69) is 42.6 Å². The number of benzene rings is 1. The van der Waals surface area contributed by atoms with Gasteiger partial charge in [-0.3, -0.25) is 9.78 Å². The van der Waals surface area contributed by atoms with Crippen LogP contribution in [0.15, 0.2) is 55.2 Å². The van der Waals surface area contributed by atoms with Crippen LogP contribution in [0.25, 0.3) is 27.8 Å². The normalized spacial score (nSPS) is 12.1. The second-order valence-electron chi connectivity index (χ2n) is 8.26. The summed E-state index contributed by atoms with van der Waals surface area (Å²) in [5.41, 5.74) is 4.22. The average molecular weight is 471 g/mol. The third kappa shape index (κ3) is 4.14. The van der Waals surface area contributed by atoms with Gasteiger partial charge < -0.3 is 10.6 Å². The molecule has 2 N–H and O–H groups in total. The van der Waals surface area contributed by atoms with E-state index in [9.17, 15) is 9.18 Å². The van der Waals surface area contributed by atoms with Crippen LogP contribution in [0.5, 0.6) is 0 Å². The lowest BCUT2D eigenvalue weighted by Gasteiger charge is -2.16. The first-order valence-electron chi connectivity index (χ1n) is 11.1. The van der Waals surface area contributed by atoms with Gasteiger partial charge in [-0.25, -0.2) is 23.9 Å². The van der Waals surface area contributed by atoms with Crippen molar-refractivity contribution in [2.24, 2.45) is 0 Å². The molecule has 4 heterocycles. The first kappa shape index (κ1) is 22.3. The van der Waals surface area contributed by atoms with Crippen molar-refractivity contribution in [1.82, 2.24) is 34.9 Å². The number of anilines is 1. The van der Waals surface area contributed by atoms with Gasteiger partial charge in [-0.1, -0.05) is 25.1 Å². The Bertz CT molecular complexity index is 1560. The zero-order chi connectivity index (χ0) is 24.5. The van der Waals surface area contributed by atoms with E-state index in [4.69, 9.17) is 0 Å². The van der Waals surface area contributed by atoms with Gasteiger partial charge in [0.2, 0.25) is 0 Å². The maximum absolute atomic E-state index is 14.0. The number of halogens is 1. The summed E-state index contributed by atoms with van der Waals surface area (Å²) in [6.45, 7) is 4.27. The molecule has 4 aromatic heterocycles. The molecular formula is C25H23FN8O. The molecule has 176 valence electrons. The SMILES string of the molecule is CNC(=O)c1ccnc2c(C(C)CNc3cc(-c4cnc5c(F)c(C)nn5c4)ncn3)cccc12. The van der Waals surface area contributed by atoms with Crippen LogP contribution in [0.2, 0.25) is 0 Å². The summed E-state index contributed by atoms with van der Waals surface area (Å²) in [5, 5.41) is 11.0. The van der Waals surface area contributed by atoms with Crippen LogP contribution < -0.4 is 10.6 Å². The van der Waals surface area contributed by atoms with E-state index in [1.165, 1.54) is 10.8 Å². The summed E-state index contributed by atoms with van der Waals surface area (Å²) in [7, 11) is 1.61. The zero-order valence-electron chi connectivity index (χ0n) is 19.5. The number of carbonyl (C=O) groups is 1. The highest BCUT2D eigenvalue weighted by molar-refractivity contribution is 6.06. The summed E-state index contributed by atoms with van der Waals surface area (Å²) in [6, 6.07) is 9.40. The first-order chi connectivity index (χ1) is 17.0. The van der Waals surface area contributed by atoms with Gasteiger partial charge in [-0.15, -0.1) is 0 Å². The van der Waals surface area contributed by atoms with E-state index in [0.29, 0.717) is 34.9 Å². The number of aromatic nitrogens is 6. The number of nitrogens with one attached hydrogen (secondary N) is 2. The lowest BCUT2D eigenvalue weighted by atomic mass is 9.96. The van der Waals surface area contributed by atoms with Crippen molar-refractivity contribution < 1.29 is 9.18 Å². The van der Waals surface area contributed by atoms with Gasteiger partial charge in [0.15, 0.2) is 11.5 Å². The molecule has 10 heteroatoms. The summed E-state index contributed by atoms with van der Waals surface area (Å²) < 4.78 is 15.5. The van der Waals surface area contributed by atoms with Crippen molar-refractivity contribution in [3.8, 4) is 11.3 Å². The molecule has 1 aromatic carbocycles. The number of rotatable bonds is 6. The molecule has 0 saturated heterocycles. The number of nitrogens with zero attached hydrogens (tertiary/aromatic N) is 6. The van der Waals surface area contributed by atoms with Crippen molar-refractivity contribution in [3.63, 3.8) is 0 Å². The smallest absolute Gasteiger partial charge is 0.251 e. The standard InChI is InChI=1S/C25H23FN8O/c1-14(17-5-4-6-18-19(25(35)27-3)7-8-28-23(17)18)10-29-21-9-20(31-13-32-21)16-11-30-24-22(26)15(2)33-34(24)12-16/h4-9,11-14H,10H2,1-3H3,(H,27,35)(H,29,31,32). The molecule has 0 bridgehead atoms. The highest BCUT2D eigenvalue weighted by Gasteiger charge is 2.16. The van der Waals surface area contributed by atoms with Gasteiger partial charge in [-0.2, -0.15) is 5.10 Å². The quantitative estimate of drug-likeness (QED) is 0.389. The number of amides is 1. The van der Waals surface area contributed by atoms with Gasteiger partial charge >= 0.3 is 0 Å². The summed E-state index contributed by atoms with van der Waals surface area (Å²) in [6.07, 6.45) is 6.39. The van der Waals surface area contributed by atoms with Crippen molar-refractivity contribution in [2.75, 3.05) is 18.9 Å². The summed E-state index contributed by atoms with van der Waals surface area (Å²) >= 11 is 0. The number of fused-ring (bicyclic) bond motifs is 2. The van der Waals surface area contributed by atoms with E-state index in [0.717, 1.165) is 16.5 Å². The van der Waals surface area contributed by atoms with Gasteiger partial charge in [-0.05, 0) is 18.6 Å². The van der Waals surface area contributed by atoms with E-state index in [1.807, 2.05) is 24.3 Å². The highest BCUT2D eigenvalue weighted by Crippen LogP contribution is 2.27. The van der Waals surface area contributed by atoms with Gasteiger partial charge in [0.1, 0.15) is 12.1 Å². The molecule has 5 rings (SSSR count). The third-order valence-corrected chi connectivity index (χ3v) is 5.93. The number of carbonyl (C=O) groups excluding carboxylic acids is 1. The minimum Gasteiger partial charge on any atom is -0.369 e. The fraction of sp³-hybridized carbons (Fsp3) is 0.200. The molecule has 0 aliphatic heterocycles. The molecule has 0 radical (unpaired) electrons. The van der Waals surface area contributed by atoms with Gasteiger partial charge in [0, 0.05) is 55.1 Å². The maximum atomic E-state index is 14.0. The molecule has 0 aliphatic rings. The topological polar surface area (TPSA) is 110 Å². The largest absolute Gasteiger partial charge is 0.369 e. The van der Waals surface area contributed by atoms with Crippen molar-refractivity contribution in [1.29, 1.82) is 0 Å². The lowest BCUT2D eigenvalue weighted by Crippen LogP contribution is -2.18. The molecule has 5 aromatic rings. The lowest BCUT2D eigenvalue weighted by molar-refractivity contribution is 0.0964. The molecular weight excluding hydrogens is 447 g/mol. The van der Waals surface area contributed by atoms with E-state index < -0.39 is 5.82 Å². The first-order valence-corrected chi connectivity index (χ1v) is 11.1. The van der Waals surface area contributed by atoms with E-state index in [-0.39, 0.29) is 17.5 Å². The van der Waals surface area contributed by atoms with Crippen LogP contribution in [0.3, 0.4) is 0 Å². The summed E-state index contributed by atoms with van der Waals surface area (Å²) in [4.78, 5) is 29.7. The maximum Gasteiger partial charge on any atom is 0.251 e. The molecule has 0 spiro atoms. The molecule has 0 fully saturated rings. The van der Waals surface area contributed by atoms with Crippen LogP contribution in [-0.4, -0.2) is 49.0 Å². The monoisotopic (exact) mass is 470 g/mol. The molecule has 0 saturated carbocycles. The summed E-state index contributed by atoms with van der Waals surface area (Å²) in [5.74, 6) is 0.150.